The van der Waals surface area contributed by atoms with Gasteiger partial charge in [-0.25, -0.2) is 0 Å². The molecule has 32 heavy (non-hydrogen) atoms. The highest BCUT2D eigenvalue weighted by Gasteiger charge is 2.24. The maximum atomic E-state index is 12.4. The number of amides is 2. The van der Waals surface area contributed by atoms with Crippen molar-refractivity contribution >= 4 is 11.8 Å². The molecule has 1 atom stereocenters. The Morgan fingerprint density at radius 3 is 2.53 bits per heavy atom. The van der Waals surface area contributed by atoms with E-state index in [1.807, 2.05) is 30.3 Å². The molecule has 0 spiro atoms. The fourth-order valence-electron chi connectivity index (χ4n) is 3.63. The maximum Gasteiger partial charge on any atom is 0.309 e. The third-order valence-electron chi connectivity index (χ3n) is 5.37. The zero-order valence-electron chi connectivity index (χ0n) is 18.5. The first-order chi connectivity index (χ1) is 15.6. The van der Waals surface area contributed by atoms with Crippen molar-refractivity contribution in [1.29, 1.82) is 0 Å². The number of hydrogen-bond donors (Lipinski definition) is 2. The Labute approximate surface area is 188 Å². The van der Waals surface area contributed by atoms with Gasteiger partial charge in [0.05, 0.1) is 33.5 Å². The van der Waals surface area contributed by atoms with E-state index < -0.39 is 11.8 Å². The molecule has 9 nitrogen and oxygen atoms in total. The van der Waals surface area contributed by atoms with Gasteiger partial charge in [-0.15, -0.1) is 0 Å². The van der Waals surface area contributed by atoms with Crippen LogP contribution in [0.1, 0.15) is 17.2 Å². The summed E-state index contributed by atoms with van der Waals surface area (Å²) < 4.78 is 16.0. The van der Waals surface area contributed by atoms with E-state index in [0.29, 0.717) is 44.2 Å². The Balaban J connectivity index is 1.50. The van der Waals surface area contributed by atoms with Crippen molar-refractivity contribution in [1.82, 2.24) is 20.5 Å². The van der Waals surface area contributed by atoms with Gasteiger partial charge >= 0.3 is 11.8 Å². The second-order valence-corrected chi connectivity index (χ2v) is 7.36. The predicted octanol–water partition coefficient (Wildman–Crippen LogP) is 0.947. The third-order valence-corrected chi connectivity index (χ3v) is 5.37. The number of nitrogens with zero attached hydrogens (tertiary/aromatic N) is 2. The fourth-order valence-corrected chi connectivity index (χ4v) is 3.63. The third kappa shape index (κ3) is 6.41. The van der Waals surface area contributed by atoms with Crippen LogP contribution in [-0.2, 0) is 20.7 Å². The second-order valence-electron chi connectivity index (χ2n) is 7.36. The van der Waals surface area contributed by atoms with Crippen LogP contribution in [0.15, 0.2) is 42.7 Å². The average Bonchev–Trinajstić information content (AvgIpc) is 2.85. The number of benzene rings is 1. The summed E-state index contributed by atoms with van der Waals surface area (Å²) in [5.41, 5.74) is 1.95. The lowest BCUT2D eigenvalue weighted by molar-refractivity contribution is -0.139. The number of methoxy groups -OCH3 is 2. The van der Waals surface area contributed by atoms with E-state index in [1.165, 1.54) is 0 Å². The van der Waals surface area contributed by atoms with Crippen LogP contribution in [0.3, 0.4) is 0 Å². The average molecular weight is 443 g/mol. The van der Waals surface area contributed by atoms with Crippen LogP contribution < -0.4 is 20.1 Å². The van der Waals surface area contributed by atoms with Crippen molar-refractivity contribution in [2.45, 2.75) is 12.5 Å². The normalized spacial score (nSPS) is 14.9. The van der Waals surface area contributed by atoms with E-state index in [2.05, 4.69) is 20.5 Å². The molecule has 3 rings (SSSR count). The lowest BCUT2D eigenvalue weighted by Gasteiger charge is -2.34. The summed E-state index contributed by atoms with van der Waals surface area (Å²) in [7, 11) is 3.15. The van der Waals surface area contributed by atoms with Gasteiger partial charge in [-0.05, 0) is 35.7 Å². The Hall–Kier alpha value is -3.17. The molecule has 1 aromatic heterocycles. The molecule has 2 N–H and O–H groups in total. The van der Waals surface area contributed by atoms with Gasteiger partial charge in [0.25, 0.3) is 0 Å². The molecule has 1 aliphatic heterocycles. The standard InChI is InChI=1S/C23H30N4O5/c1-30-20-6-5-17(14-21(20)31-2)7-9-25-22(28)23(29)26-16-19(18-4-3-8-24-15-18)27-10-12-32-13-11-27/h3-6,8,14-15,19H,7,9-13,16H2,1-2H3,(H,25,28)(H,26,29). The molecule has 0 aliphatic carbocycles. The largest absolute Gasteiger partial charge is 0.493 e. The van der Waals surface area contributed by atoms with E-state index in [-0.39, 0.29) is 6.04 Å². The van der Waals surface area contributed by atoms with Gasteiger partial charge in [0, 0.05) is 38.6 Å². The summed E-state index contributed by atoms with van der Waals surface area (Å²) in [6.45, 7) is 3.44. The molecular formula is C23H30N4O5. The summed E-state index contributed by atoms with van der Waals surface area (Å²) in [4.78, 5) is 31.1. The Kier molecular flexibility index (Phi) is 8.82. The number of morpholine rings is 1. The van der Waals surface area contributed by atoms with Crippen molar-refractivity contribution in [2.75, 3.05) is 53.6 Å². The molecule has 0 saturated carbocycles. The van der Waals surface area contributed by atoms with Gasteiger partial charge in [0.15, 0.2) is 11.5 Å². The van der Waals surface area contributed by atoms with Gasteiger partial charge in [-0.2, -0.15) is 0 Å². The van der Waals surface area contributed by atoms with Gasteiger partial charge < -0.3 is 24.8 Å². The topological polar surface area (TPSA) is 102 Å². The molecule has 1 aliphatic rings. The zero-order chi connectivity index (χ0) is 22.8. The molecule has 0 bridgehead atoms. The van der Waals surface area contributed by atoms with Crippen LogP contribution >= 0.6 is 0 Å². The summed E-state index contributed by atoms with van der Waals surface area (Å²) >= 11 is 0. The molecule has 1 fully saturated rings. The minimum absolute atomic E-state index is 0.0730. The summed E-state index contributed by atoms with van der Waals surface area (Å²) in [6, 6.07) is 9.33. The molecule has 0 radical (unpaired) electrons. The SMILES string of the molecule is COc1ccc(CCNC(=O)C(=O)NCC(c2cccnc2)N2CCOCC2)cc1OC. The van der Waals surface area contributed by atoms with Crippen LogP contribution in [0.2, 0.25) is 0 Å². The number of ether oxygens (including phenoxy) is 3. The molecule has 2 amide bonds. The maximum absolute atomic E-state index is 12.4. The summed E-state index contributed by atoms with van der Waals surface area (Å²) in [5, 5.41) is 5.43. The highest BCUT2D eigenvalue weighted by Crippen LogP contribution is 2.27. The van der Waals surface area contributed by atoms with Crippen LogP contribution in [0.5, 0.6) is 11.5 Å². The zero-order valence-corrected chi connectivity index (χ0v) is 18.5. The first-order valence-corrected chi connectivity index (χ1v) is 10.6. The number of hydrogen-bond acceptors (Lipinski definition) is 7. The molecule has 1 saturated heterocycles. The first kappa shape index (κ1) is 23.5. The van der Waals surface area contributed by atoms with E-state index >= 15 is 0 Å². The quantitative estimate of drug-likeness (QED) is 0.558. The van der Waals surface area contributed by atoms with Crippen molar-refractivity contribution in [3.8, 4) is 11.5 Å². The number of rotatable bonds is 9. The predicted molar refractivity (Wildman–Crippen MR) is 119 cm³/mol. The Morgan fingerprint density at radius 1 is 1.09 bits per heavy atom. The van der Waals surface area contributed by atoms with Crippen LogP contribution in [0.25, 0.3) is 0 Å². The van der Waals surface area contributed by atoms with Crippen molar-refractivity contribution in [3.63, 3.8) is 0 Å². The fraction of sp³-hybridized carbons (Fsp3) is 0.435. The number of carbonyl (C=O) groups excluding carboxylic acids is 2. The van der Waals surface area contributed by atoms with Crippen LogP contribution in [0, 0.1) is 0 Å². The van der Waals surface area contributed by atoms with Gasteiger partial charge in [-0.1, -0.05) is 12.1 Å². The van der Waals surface area contributed by atoms with E-state index in [9.17, 15) is 9.59 Å². The molecule has 2 heterocycles. The minimum atomic E-state index is -0.655. The molecule has 172 valence electrons. The van der Waals surface area contributed by atoms with Crippen LogP contribution in [0.4, 0.5) is 0 Å². The van der Waals surface area contributed by atoms with Crippen molar-refractivity contribution in [3.05, 3.63) is 53.9 Å². The number of aromatic nitrogens is 1. The molecule has 1 unspecified atom stereocenters. The van der Waals surface area contributed by atoms with E-state index in [1.54, 1.807) is 26.6 Å². The number of nitrogens with one attached hydrogen (secondary N) is 2. The highest BCUT2D eigenvalue weighted by molar-refractivity contribution is 6.35. The van der Waals surface area contributed by atoms with Gasteiger partial charge in [0.1, 0.15) is 0 Å². The van der Waals surface area contributed by atoms with Crippen LogP contribution in [-0.4, -0.2) is 75.3 Å². The number of pyridine rings is 1. The van der Waals surface area contributed by atoms with Crippen molar-refractivity contribution < 1.29 is 23.8 Å². The highest BCUT2D eigenvalue weighted by atomic mass is 16.5. The van der Waals surface area contributed by atoms with Gasteiger partial charge in [0.2, 0.25) is 0 Å². The molecular weight excluding hydrogens is 412 g/mol. The Bertz CT molecular complexity index is 887. The smallest absolute Gasteiger partial charge is 0.309 e. The number of carbonyl (C=O) groups is 2. The molecule has 9 heteroatoms. The first-order valence-electron chi connectivity index (χ1n) is 10.6. The summed E-state index contributed by atoms with van der Waals surface area (Å²) in [6.07, 6.45) is 4.06. The monoisotopic (exact) mass is 442 g/mol. The Morgan fingerprint density at radius 2 is 1.84 bits per heavy atom. The van der Waals surface area contributed by atoms with E-state index in [4.69, 9.17) is 14.2 Å². The molecule has 1 aromatic carbocycles. The van der Waals surface area contributed by atoms with E-state index in [0.717, 1.165) is 24.2 Å². The molecule has 2 aromatic rings. The minimum Gasteiger partial charge on any atom is -0.493 e. The lowest BCUT2D eigenvalue weighted by Crippen LogP contribution is -2.47. The van der Waals surface area contributed by atoms with Gasteiger partial charge in [-0.3, -0.25) is 19.5 Å². The van der Waals surface area contributed by atoms with Crippen molar-refractivity contribution in [2.24, 2.45) is 0 Å². The summed E-state index contributed by atoms with van der Waals surface area (Å²) in [5.74, 6) is -0.0430. The second kappa shape index (κ2) is 12.0. The lowest BCUT2D eigenvalue weighted by atomic mass is 10.1.